The van der Waals surface area contributed by atoms with Crippen LogP contribution in [0.5, 0.6) is 0 Å². The van der Waals surface area contributed by atoms with Crippen LogP contribution in [0.2, 0.25) is 0 Å². The fourth-order valence-electron chi connectivity index (χ4n) is 2.45. The summed E-state index contributed by atoms with van der Waals surface area (Å²) in [6, 6.07) is 2.89. The van der Waals surface area contributed by atoms with Crippen molar-refractivity contribution in [3.05, 3.63) is 0 Å². The molecule has 0 aliphatic heterocycles. The van der Waals surface area contributed by atoms with Crippen LogP contribution in [-0.4, -0.2) is 24.1 Å². The Bertz CT molecular complexity index is 224. The molecule has 1 aliphatic rings. The SMILES string of the molecule is C[C@@H]1[C@H](C)CCC[C@@H]1NCCCSCC#N. The van der Waals surface area contributed by atoms with Gasteiger partial charge in [-0.3, -0.25) is 0 Å². The summed E-state index contributed by atoms with van der Waals surface area (Å²) in [7, 11) is 0. The van der Waals surface area contributed by atoms with E-state index in [9.17, 15) is 0 Å². The molecule has 0 heterocycles. The maximum absolute atomic E-state index is 8.40. The minimum Gasteiger partial charge on any atom is -0.314 e. The third-order valence-electron chi connectivity index (χ3n) is 3.75. The molecule has 0 radical (unpaired) electrons. The lowest BCUT2D eigenvalue weighted by atomic mass is 9.78. The molecule has 0 aromatic rings. The Hall–Kier alpha value is -0.200. The van der Waals surface area contributed by atoms with Gasteiger partial charge in [-0.2, -0.15) is 5.26 Å². The summed E-state index contributed by atoms with van der Waals surface area (Å²) in [6.07, 6.45) is 5.31. The van der Waals surface area contributed by atoms with Gasteiger partial charge in [0.25, 0.3) is 0 Å². The van der Waals surface area contributed by atoms with Gasteiger partial charge >= 0.3 is 0 Å². The van der Waals surface area contributed by atoms with E-state index in [2.05, 4.69) is 25.2 Å². The molecule has 1 aliphatic carbocycles. The van der Waals surface area contributed by atoms with Gasteiger partial charge in [0, 0.05) is 6.04 Å². The summed E-state index contributed by atoms with van der Waals surface area (Å²) in [5.74, 6) is 3.44. The van der Waals surface area contributed by atoms with Crippen molar-refractivity contribution in [1.82, 2.24) is 5.32 Å². The van der Waals surface area contributed by atoms with E-state index in [0.717, 1.165) is 30.2 Å². The summed E-state index contributed by atoms with van der Waals surface area (Å²) in [5.41, 5.74) is 0. The van der Waals surface area contributed by atoms with Crippen LogP contribution in [0.4, 0.5) is 0 Å². The quantitative estimate of drug-likeness (QED) is 0.725. The van der Waals surface area contributed by atoms with Gasteiger partial charge in [-0.25, -0.2) is 0 Å². The molecule has 1 fully saturated rings. The van der Waals surface area contributed by atoms with E-state index in [4.69, 9.17) is 5.26 Å². The second-order valence-electron chi connectivity index (χ2n) is 4.89. The van der Waals surface area contributed by atoms with Crippen LogP contribution in [0.1, 0.15) is 39.5 Å². The van der Waals surface area contributed by atoms with Crippen LogP contribution in [0.25, 0.3) is 0 Å². The van der Waals surface area contributed by atoms with Crippen LogP contribution in [-0.2, 0) is 0 Å². The Morgan fingerprint density at radius 3 is 2.94 bits per heavy atom. The Morgan fingerprint density at radius 2 is 2.19 bits per heavy atom. The number of nitrogens with one attached hydrogen (secondary N) is 1. The van der Waals surface area contributed by atoms with Crippen LogP contribution in [0.15, 0.2) is 0 Å². The Labute approximate surface area is 104 Å². The Kier molecular flexibility index (Phi) is 6.91. The zero-order valence-electron chi connectivity index (χ0n) is 10.5. The Balaban J connectivity index is 2.06. The molecule has 3 atom stereocenters. The van der Waals surface area contributed by atoms with Gasteiger partial charge < -0.3 is 5.32 Å². The first-order valence-electron chi connectivity index (χ1n) is 6.43. The topological polar surface area (TPSA) is 35.8 Å². The fourth-order valence-corrected chi connectivity index (χ4v) is 3.03. The third kappa shape index (κ3) is 4.76. The van der Waals surface area contributed by atoms with Gasteiger partial charge in [0.2, 0.25) is 0 Å². The van der Waals surface area contributed by atoms with Gasteiger partial charge in [0.05, 0.1) is 11.8 Å². The molecule has 0 spiro atoms. The summed E-state index contributed by atoms with van der Waals surface area (Å²) < 4.78 is 0. The van der Waals surface area contributed by atoms with E-state index in [1.807, 2.05) is 0 Å². The molecule has 1 saturated carbocycles. The second kappa shape index (κ2) is 7.97. The highest BCUT2D eigenvalue weighted by atomic mass is 32.2. The minimum absolute atomic E-state index is 0.636. The molecule has 0 aromatic carbocycles. The highest BCUT2D eigenvalue weighted by Crippen LogP contribution is 2.29. The van der Waals surface area contributed by atoms with Crippen LogP contribution in [0.3, 0.4) is 0 Å². The lowest BCUT2D eigenvalue weighted by molar-refractivity contribution is 0.207. The number of nitriles is 1. The molecule has 92 valence electrons. The van der Waals surface area contributed by atoms with Crippen LogP contribution >= 0.6 is 11.8 Å². The first kappa shape index (κ1) is 13.9. The monoisotopic (exact) mass is 240 g/mol. The molecule has 0 amide bonds. The van der Waals surface area contributed by atoms with E-state index in [-0.39, 0.29) is 0 Å². The lowest BCUT2D eigenvalue weighted by Crippen LogP contribution is -2.41. The van der Waals surface area contributed by atoms with Crippen LogP contribution in [0, 0.1) is 23.2 Å². The number of nitrogens with zero attached hydrogens (tertiary/aromatic N) is 1. The predicted octanol–water partition coefficient (Wildman–Crippen LogP) is 3.05. The third-order valence-corrected chi connectivity index (χ3v) is 4.66. The number of hydrogen-bond acceptors (Lipinski definition) is 3. The molecule has 0 unspecified atom stereocenters. The Morgan fingerprint density at radius 1 is 1.38 bits per heavy atom. The first-order chi connectivity index (χ1) is 7.75. The molecular weight excluding hydrogens is 216 g/mol. The fraction of sp³-hybridized carbons (Fsp3) is 0.923. The molecule has 16 heavy (non-hydrogen) atoms. The summed E-state index contributed by atoms with van der Waals surface area (Å²) in [6.45, 7) is 5.87. The van der Waals surface area contributed by atoms with Crippen molar-refractivity contribution in [3.63, 3.8) is 0 Å². The smallest absolute Gasteiger partial charge is 0.0808 e. The maximum Gasteiger partial charge on any atom is 0.0808 e. The van der Waals surface area contributed by atoms with Crippen molar-refractivity contribution in [2.45, 2.75) is 45.6 Å². The zero-order valence-corrected chi connectivity index (χ0v) is 11.4. The molecule has 0 aromatic heterocycles. The number of rotatable bonds is 6. The van der Waals surface area contributed by atoms with E-state index in [1.165, 1.54) is 25.7 Å². The average Bonchev–Trinajstić information content (AvgIpc) is 2.29. The lowest BCUT2D eigenvalue weighted by Gasteiger charge is -2.34. The van der Waals surface area contributed by atoms with Crippen molar-refractivity contribution >= 4 is 11.8 Å². The van der Waals surface area contributed by atoms with Crippen molar-refractivity contribution in [2.24, 2.45) is 11.8 Å². The van der Waals surface area contributed by atoms with Crippen molar-refractivity contribution in [2.75, 3.05) is 18.1 Å². The van der Waals surface area contributed by atoms with Gasteiger partial charge in [-0.1, -0.05) is 26.7 Å². The standard InChI is InChI=1S/C13H24N2S/c1-11-5-3-6-13(12(11)2)15-8-4-9-16-10-7-14/h11-13,15H,3-6,8-10H2,1-2H3/t11-,12-,13+/m1/s1. The van der Waals surface area contributed by atoms with E-state index in [1.54, 1.807) is 11.8 Å². The first-order valence-corrected chi connectivity index (χ1v) is 7.59. The second-order valence-corrected chi connectivity index (χ2v) is 6.00. The van der Waals surface area contributed by atoms with Crippen molar-refractivity contribution in [3.8, 4) is 6.07 Å². The highest BCUT2D eigenvalue weighted by molar-refractivity contribution is 7.99. The molecule has 1 rings (SSSR count). The summed E-state index contributed by atoms with van der Waals surface area (Å²) >= 11 is 1.74. The molecule has 0 bridgehead atoms. The van der Waals surface area contributed by atoms with E-state index >= 15 is 0 Å². The average molecular weight is 240 g/mol. The predicted molar refractivity (Wildman–Crippen MR) is 71.5 cm³/mol. The molecule has 3 heteroatoms. The maximum atomic E-state index is 8.40. The van der Waals surface area contributed by atoms with E-state index in [0.29, 0.717) is 5.75 Å². The van der Waals surface area contributed by atoms with Gasteiger partial charge in [-0.05, 0) is 37.0 Å². The molecule has 2 nitrogen and oxygen atoms in total. The van der Waals surface area contributed by atoms with Crippen molar-refractivity contribution < 1.29 is 0 Å². The van der Waals surface area contributed by atoms with Gasteiger partial charge in [-0.15, -0.1) is 11.8 Å². The molecule has 0 saturated heterocycles. The normalized spacial score (nSPS) is 29.9. The largest absolute Gasteiger partial charge is 0.314 e. The number of hydrogen-bond donors (Lipinski definition) is 1. The zero-order chi connectivity index (χ0) is 11.8. The van der Waals surface area contributed by atoms with Gasteiger partial charge in [0.1, 0.15) is 0 Å². The van der Waals surface area contributed by atoms with E-state index < -0.39 is 0 Å². The number of thioether (sulfide) groups is 1. The summed E-state index contributed by atoms with van der Waals surface area (Å²) in [4.78, 5) is 0. The van der Waals surface area contributed by atoms with Crippen LogP contribution < -0.4 is 5.32 Å². The molecular formula is C13H24N2S. The minimum atomic E-state index is 0.636. The van der Waals surface area contributed by atoms with Gasteiger partial charge in [0.15, 0.2) is 0 Å². The highest BCUT2D eigenvalue weighted by Gasteiger charge is 2.25. The van der Waals surface area contributed by atoms with Crippen molar-refractivity contribution in [1.29, 1.82) is 5.26 Å². The summed E-state index contributed by atoms with van der Waals surface area (Å²) in [5, 5.41) is 12.1. The molecule has 1 N–H and O–H groups in total.